The van der Waals surface area contributed by atoms with Crippen molar-refractivity contribution in [3.63, 3.8) is 0 Å². The second-order valence-electron chi connectivity index (χ2n) is 8.76. The molecule has 7 nitrogen and oxygen atoms in total. The summed E-state index contributed by atoms with van der Waals surface area (Å²) in [4.78, 5) is 14.9. The van der Waals surface area contributed by atoms with Crippen LogP contribution < -0.4 is 10.2 Å². The van der Waals surface area contributed by atoms with E-state index < -0.39 is 0 Å². The van der Waals surface area contributed by atoms with Crippen molar-refractivity contribution in [2.45, 2.75) is 33.2 Å². The maximum Gasteiger partial charge on any atom is 0.223 e. The van der Waals surface area contributed by atoms with Gasteiger partial charge in [-0.15, -0.1) is 15.3 Å². The summed E-state index contributed by atoms with van der Waals surface area (Å²) in [7, 11) is 0. The second-order valence-corrected chi connectivity index (χ2v) is 8.76. The Hall–Kier alpha value is -3.74. The first kappa shape index (κ1) is 21.1. The van der Waals surface area contributed by atoms with Crippen LogP contribution in [0.2, 0.25) is 0 Å². The van der Waals surface area contributed by atoms with Gasteiger partial charge in [0, 0.05) is 31.1 Å². The van der Waals surface area contributed by atoms with Gasteiger partial charge in [0.05, 0.1) is 0 Å². The number of anilines is 1. The van der Waals surface area contributed by atoms with Crippen molar-refractivity contribution in [1.29, 1.82) is 0 Å². The fourth-order valence-corrected chi connectivity index (χ4v) is 4.35. The number of piperidine rings is 1. The highest BCUT2D eigenvalue weighted by molar-refractivity contribution is 5.79. The Morgan fingerprint density at radius 2 is 1.73 bits per heavy atom. The van der Waals surface area contributed by atoms with E-state index >= 15 is 0 Å². The van der Waals surface area contributed by atoms with Gasteiger partial charge in [-0.25, -0.2) is 0 Å². The van der Waals surface area contributed by atoms with E-state index in [4.69, 9.17) is 5.10 Å². The first-order valence-corrected chi connectivity index (χ1v) is 11.4. The molecule has 33 heavy (non-hydrogen) atoms. The van der Waals surface area contributed by atoms with Gasteiger partial charge in [-0.2, -0.15) is 4.52 Å². The molecular weight excluding hydrogens is 412 g/mol. The van der Waals surface area contributed by atoms with Gasteiger partial charge < -0.3 is 10.2 Å². The number of nitrogens with zero attached hydrogens (tertiary/aromatic N) is 5. The fourth-order valence-electron chi connectivity index (χ4n) is 4.35. The molecule has 0 bridgehead atoms. The Morgan fingerprint density at radius 1 is 0.970 bits per heavy atom. The van der Waals surface area contributed by atoms with Crippen LogP contribution in [0.5, 0.6) is 0 Å². The minimum absolute atomic E-state index is 0.0351. The van der Waals surface area contributed by atoms with Crippen molar-refractivity contribution >= 4 is 17.4 Å². The maximum atomic E-state index is 12.7. The van der Waals surface area contributed by atoms with Crippen LogP contribution in [0, 0.1) is 19.8 Å². The van der Waals surface area contributed by atoms with Crippen molar-refractivity contribution in [2.75, 3.05) is 18.0 Å². The molecule has 168 valence electrons. The SMILES string of the molecule is Cc1ccc(CNC(=O)C2CCN(c3ccc4nnc(-c5ccccc5C)n4n3)CC2)cc1. The van der Waals surface area contributed by atoms with Crippen LogP contribution in [0.1, 0.15) is 29.5 Å². The molecule has 0 radical (unpaired) electrons. The van der Waals surface area contributed by atoms with Crippen LogP contribution >= 0.6 is 0 Å². The maximum absolute atomic E-state index is 12.7. The van der Waals surface area contributed by atoms with Crippen molar-refractivity contribution in [1.82, 2.24) is 25.1 Å². The molecule has 7 heteroatoms. The first-order valence-electron chi connectivity index (χ1n) is 11.4. The lowest BCUT2D eigenvalue weighted by Gasteiger charge is -2.32. The average molecular weight is 441 g/mol. The third-order valence-corrected chi connectivity index (χ3v) is 6.41. The topological polar surface area (TPSA) is 75.4 Å². The minimum atomic E-state index is 0.0351. The highest BCUT2D eigenvalue weighted by atomic mass is 16.1. The van der Waals surface area contributed by atoms with Gasteiger partial charge in [0.1, 0.15) is 5.82 Å². The number of aromatic nitrogens is 4. The highest BCUT2D eigenvalue weighted by Gasteiger charge is 2.26. The lowest BCUT2D eigenvalue weighted by Crippen LogP contribution is -2.40. The molecule has 1 saturated heterocycles. The van der Waals surface area contributed by atoms with Crippen molar-refractivity contribution in [3.8, 4) is 11.4 Å². The Labute approximate surface area is 193 Å². The molecule has 3 heterocycles. The van der Waals surface area contributed by atoms with E-state index in [0.29, 0.717) is 6.54 Å². The molecule has 5 rings (SSSR count). The Kier molecular flexibility index (Phi) is 5.77. The number of fused-ring (bicyclic) bond motifs is 1. The van der Waals surface area contributed by atoms with Crippen LogP contribution in [0.3, 0.4) is 0 Å². The summed E-state index contributed by atoms with van der Waals surface area (Å²) in [6, 6.07) is 20.3. The van der Waals surface area contributed by atoms with E-state index in [2.05, 4.69) is 64.6 Å². The van der Waals surface area contributed by atoms with Gasteiger partial charge in [0.2, 0.25) is 5.91 Å². The zero-order valence-electron chi connectivity index (χ0n) is 19.0. The number of benzene rings is 2. The lowest BCUT2D eigenvalue weighted by molar-refractivity contribution is -0.125. The Bertz CT molecular complexity index is 1270. The van der Waals surface area contributed by atoms with Crippen molar-refractivity contribution in [2.24, 2.45) is 5.92 Å². The number of rotatable bonds is 5. The number of carbonyl (C=O) groups is 1. The number of hydrogen-bond acceptors (Lipinski definition) is 5. The van der Waals surface area contributed by atoms with Crippen molar-refractivity contribution in [3.05, 3.63) is 77.4 Å². The normalized spacial score (nSPS) is 14.5. The summed E-state index contributed by atoms with van der Waals surface area (Å²) in [6.07, 6.45) is 1.62. The quantitative estimate of drug-likeness (QED) is 0.509. The largest absolute Gasteiger partial charge is 0.355 e. The molecule has 0 spiro atoms. The molecule has 2 aromatic heterocycles. The summed E-state index contributed by atoms with van der Waals surface area (Å²) in [5, 5.41) is 16.6. The van der Waals surface area contributed by atoms with E-state index in [9.17, 15) is 4.79 Å². The van der Waals surface area contributed by atoms with E-state index in [1.807, 2.05) is 34.8 Å². The van der Waals surface area contributed by atoms with E-state index in [-0.39, 0.29) is 11.8 Å². The van der Waals surface area contributed by atoms with Crippen LogP contribution in [0.4, 0.5) is 5.82 Å². The first-order chi connectivity index (χ1) is 16.1. The molecule has 0 saturated carbocycles. The zero-order chi connectivity index (χ0) is 22.8. The predicted molar refractivity (Wildman–Crippen MR) is 129 cm³/mol. The van der Waals surface area contributed by atoms with E-state index in [0.717, 1.165) is 59.9 Å². The third-order valence-electron chi connectivity index (χ3n) is 6.41. The molecule has 2 aromatic carbocycles. The smallest absolute Gasteiger partial charge is 0.223 e. The minimum Gasteiger partial charge on any atom is -0.355 e. The van der Waals surface area contributed by atoms with E-state index in [1.165, 1.54) is 5.56 Å². The van der Waals surface area contributed by atoms with Crippen LogP contribution in [-0.4, -0.2) is 38.8 Å². The van der Waals surface area contributed by atoms with Gasteiger partial charge >= 0.3 is 0 Å². The monoisotopic (exact) mass is 440 g/mol. The lowest BCUT2D eigenvalue weighted by atomic mass is 9.96. The molecule has 4 aromatic rings. The van der Waals surface area contributed by atoms with Gasteiger partial charge in [0.15, 0.2) is 11.5 Å². The molecule has 1 fully saturated rings. The summed E-state index contributed by atoms with van der Waals surface area (Å²) >= 11 is 0. The molecule has 1 amide bonds. The van der Waals surface area contributed by atoms with Crippen LogP contribution in [0.15, 0.2) is 60.7 Å². The standard InChI is InChI=1S/C26H28N6O/c1-18-7-9-20(10-8-18)17-27-26(33)21-13-15-31(16-14-21)24-12-11-23-28-29-25(32(23)30-24)22-6-4-3-5-19(22)2/h3-12,21H,13-17H2,1-2H3,(H,27,33). The van der Waals surface area contributed by atoms with Gasteiger partial charge in [0.25, 0.3) is 0 Å². The summed E-state index contributed by atoms with van der Waals surface area (Å²) in [5.41, 5.74) is 5.24. The average Bonchev–Trinajstić information content (AvgIpc) is 3.27. The Balaban J connectivity index is 1.25. The van der Waals surface area contributed by atoms with Gasteiger partial charge in [-0.1, -0.05) is 54.1 Å². The summed E-state index contributed by atoms with van der Waals surface area (Å²) < 4.78 is 1.82. The zero-order valence-corrected chi connectivity index (χ0v) is 19.0. The fraction of sp³-hybridized carbons (Fsp3) is 0.308. The number of nitrogens with one attached hydrogen (secondary N) is 1. The molecule has 0 aliphatic carbocycles. The van der Waals surface area contributed by atoms with E-state index in [1.54, 1.807) is 0 Å². The molecule has 1 N–H and O–H groups in total. The highest BCUT2D eigenvalue weighted by Crippen LogP contribution is 2.25. The molecule has 0 unspecified atom stereocenters. The number of hydrogen-bond donors (Lipinski definition) is 1. The van der Waals surface area contributed by atoms with Crippen molar-refractivity contribution < 1.29 is 4.79 Å². The Morgan fingerprint density at radius 3 is 2.48 bits per heavy atom. The molecule has 1 aliphatic heterocycles. The summed E-state index contributed by atoms with van der Waals surface area (Å²) in [5.74, 6) is 1.80. The molecule has 0 atom stereocenters. The second kappa shape index (κ2) is 9.02. The predicted octanol–water partition coefficient (Wildman–Crippen LogP) is 3.94. The van der Waals surface area contributed by atoms with Gasteiger partial charge in [-0.05, 0) is 49.9 Å². The number of aryl methyl sites for hydroxylation is 2. The molecule has 1 aliphatic rings. The number of amides is 1. The third kappa shape index (κ3) is 4.44. The van der Waals surface area contributed by atoms with Crippen LogP contribution in [0.25, 0.3) is 17.0 Å². The van der Waals surface area contributed by atoms with Crippen LogP contribution in [-0.2, 0) is 11.3 Å². The molecular formula is C26H28N6O. The number of carbonyl (C=O) groups excluding carboxylic acids is 1. The summed E-state index contributed by atoms with van der Waals surface area (Å²) in [6.45, 7) is 6.29. The van der Waals surface area contributed by atoms with Gasteiger partial charge in [-0.3, -0.25) is 4.79 Å².